The Hall–Kier alpha value is -1.68. The molecule has 92 valence electrons. The zero-order valence-electron chi connectivity index (χ0n) is 11.2. The molecular formula is C12H9FN3NaO2. The van der Waals surface area contributed by atoms with Gasteiger partial charge >= 0.3 is 35.5 Å². The van der Waals surface area contributed by atoms with E-state index >= 15 is 0 Å². The molecule has 7 heteroatoms. The van der Waals surface area contributed by atoms with Gasteiger partial charge in [-0.3, -0.25) is 0 Å². The summed E-state index contributed by atoms with van der Waals surface area (Å²) in [5.74, 6) is -1.71. The van der Waals surface area contributed by atoms with E-state index in [9.17, 15) is 9.18 Å². The van der Waals surface area contributed by atoms with Gasteiger partial charge in [0.05, 0.1) is 18.1 Å². The summed E-state index contributed by atoms with van der Waals surface area (Å²) in [5, 5.41) is 17.5. The van der Waals surface area contributed by atoms with Crippen molar-refractivity contribution >= 4 is 5.97 Å². The normalized spacial score (nSPS) is 9.47. The van der Waals surface area contributed by atoms with E-state index < -0.39 is 11.8 Å². The Morgan fingerprint density at radius 2 is 2.32 bits per heavy atom. The number of hydrogen-bond donors (Lipinski definition) is 1. The summed E-state index contributed by atoms with van der Waals surface area (Å²) in [6.07, 6.45) is 2.59. The van der Waals surface area contributed by atoms with Gasteiger partial charge in [-0.1, -0.05) is 6.07 Å². The first-order valence-electron chi connectivity index (χ1n) is 5.04. The molecule has 0 saturated heterocycles. The molecule has 5 nitrogen and oxygen atoms in total. The summed E-state index contributed by atoms with van der Waals surface area (Å²) in [7, 11) is 0. The monoisotopic (exact) mass is 269 g/mol. The van der Waals surface area contributed by atoms with Crippen LogP contribution in [0.3, 0.4) is 0 Å². The maximum absolute atomic E-state index is 13.4. The van der Waals surface area contributed by atoms with Gasteiger partial charge in [0.15, 0.2) is 0 Å². The van der Waals surface area contributed by atoms with Gasteiger partial charge in [0, 0.05) is 6.54 Å². The number of carbonyl (C=O) groups is 1. The van der Waals surface area contributed by atoms with Gasteiger partial charge in [0.25, 0.3) is 0 Å². The van der Waals surface area contributed by atoms with E-state index in [1.807, 2.05) is 0 Å². The van der Waals surface area contributed by atoms with Crippen molar-refractivity contribution in [1.29, 1.82) is 5.26 Å². The van der Waals surface area contributed by atoms with Crippen molar-refractivity contribution < 1.29 is 45.3 Å². The standard InChI is InChI=1S/C12H8FN3O2.Na.H/c13-10-3-8(1-2-9(10)4-14)6-16-7-15-5-11(16)12(17)18;;/h1-3,5,7H,6H2,(H,17,18);;/q;+1;-1. The van der Waals surface area contributed by atoms with Crippen LogP contribution >= 0.6 is 0 Å². The van der Waals surface area contributed by atoms with Crippen molar-refractivity contribution in [2.75, 3.05) is 0 Å². The molecule has 0 aliphatic heterocycles. The van der Waals surface area contributed by atoms with Gasteiger partial charge in [-0.2, -0.15) is 5.26 Å². The molecule has 0 unspecified atom stereocenters. The van der Waals surface area contributed by atoms with Crippen LogP contribution in [-0.4, -0.2) is 20.6 Å². The molecule has 0 radical (unpaired) electrons. The molecule has 0 aliphatic carbocycles. The molecule has 1 N–H and O–H groups in total. The summed E-state index contributed by atoms with van der Waals surface area (Å²) < 4.78 is 14.8. The number of benzene rings is 1. The molecule has 0 fully saturated rings. The van der Waals surface area contributed by atoms with E-state index in [1.165, 1.54) is 29.2 Å². The number of carboxylic acid groups (broad SMARTS) is 1. The predicted molar refractivity (Wildman–Crippen MR) is 60.5 cm³/mol. The molecule has 1 aromatic heterocycles. The number of nitrogens with zero attached hydrogens (tertiary/aromatic N) is 3. The van der Waals surface area contributed by atoms with Crippen LogP contribution < -0.4 is 29.6 Å². The number of aromatic nitrogens is 2. The topological polar surface area (TPSA) is 78.9 Å². The van der Waals surface area contributed by atoms with E-state index in [2.05, 4.69) is 4.98 Å². The number of rotatable bonds is 3. The van der Waals surface area contributed by atoms with Crippen molar-refractivity contribution in [3.05, 3.63) is 53.4 Å². The molecule has 2 rings (SSSR count). The van der Waals surface area contributed by atoms with Crippen molar-refractivity contribution in [3.63, 3.8) is 0 Å². The van der Waals surface area contributed by atoms with E-state index in [4.69, 9.17) is 10.4 Å². The Balaban J connectivity index is 0.00000180. The second-order valence-electron chi connectivity index (χ2n) is 3.64. The van der Waals surface area contributed by atoms with Crippen molar-refractivity contribution in [2.24, 2.45) is 0 Å². The maximum Gasteiger partial charge on any atom is 1.00 e. The fourth-order valence-corrected chi connectivity index (χ4v) is 1.57. The van der Waals surface area contributed by atoms with Crippen LogP contribution in [0.2, 0.25) is 0 Å². The summed E-state index contributed by atoms with van der Waals surface area (Å²) >= 11 is 0. The van der Waals surface area contributed by atoms with E-state index in [1.54, 1.807) is 12.1 Å². The minimum Gasteiger partial charge on any atom is -1.00 e. The Morgan fingerprint density at radius 3 is 2.89 bits per heavy atom. The summed E-state index contributed by atoms with van der Waals surface area (Å²) in [6.45, 7) is 0.185. The Morgan fingerprint density at radius 1 is 1.58 bits per heavy atom. The predicted octanol–water partition coefficient (Wildman–Crippen LogP) is -1.24. The number of nitriles is 1. The zero-order chi connectivity index (χ0) is 13.1. The first kappa shape index (κ1) is 15.4. The number of imidazole rings is 1. The van der Waals surface area contributed by atoms with Crippen LogP contribution in [0, 0.1) is 17.1 Å². The van der Waals surface area contributed by atoms with Crippen LogP contribution in [0.15, 0.2) is 30.7 Å². The van der Waals surface area contributed by atoms with Gasteiger partial charge in [-0.25, -0.2) is 14.2 Å². The third-order valence-corrected chi connectivity index (χ3v) is 2.44. The first-order valence-corrected chi connectivity index (χ1v) is 5.04. The fraction of sp³-hybridized carbons (Fsp3) is 0.0833. The van der Waals surface area contributed by atoms with E-state index in [0.29, 0.717) is 5.56 Å². The van der Waals surface area contributed by atoms with Gasteiger partial charge in [0.2, 0.25) is 0 Å². The quantitative estimate of drug-likeness (QED) is 0.707. The summed E-state index contributed by atoms with van der Waals surface area (Å²) in [6, 6.07) is 5.87. The summed E-state index contributed by atoms with van der Waals surface area (Å²) in [5.41, 5.74) is 0.551. The largest absolute Gasteiger partial charge is 1.00 e. The van der Waals surface area contributed by atoms with Crippen LogP contribution in [0.1, 0.15) is 23.0 Å². The second-order valence-corrected chi connectivity index (χ2v) is 3.64. The number of hydrogen-bond acceptors (Lipinski definition) is 3. The van der Waals surface area contributed by atoms with Crippen LogP contribution in [0.4, 0.5) is 4.39 Å². The third kappa shape index (κ3) is 3.41. The average Bonchev–Trinajstić information content (AvgIpc) is 2.77. The van der Waals surface area contributed by atoms with Crippen LogP contribution in [0.5, 0.6) is 0 Å². The third-order valence-electron chi connectivity index (χ3n) is 2.44. The Labute approximate surface area is 132 Å². The minimum absolute atomic E-state index is 0. The summed E-state index contributed by atoms with van der Waals surface area (Å²) in [4.78, 5) is 14.6. The number of aromatic carboxylic acids is 1. The maximum atomic E-state index is 13.4. The number of carboxylic acids is 1. The zero-order valence-corrected chi connectivity index (χ0v) is 12.2. The molecule has 19 heavy (non-hydrogen) atoms. The average molecular weight is 269 g/mol. The number of halogens is 1. The van der Waals surface area contributed by atoms with Gasteiger partial charge in [0.1, 0.15) is 17.6 Å². The fourth-order valence-electron chi connectivity index (χ4n) is 1.57. The molecule has 0 aliphatic rings. The van der Waals surface area contributed by atoms with Crippen LogP contribution in [0.25, 0.3) is 0 Å². The van der Waals surface area contributed by atoms with Crippen LogP contribution in [-0.2, 0) is 6.54 Å². The van der Waals surface area contributed by atoms with E-state index in [0.717, 1.165) is 0 Å². The smallest absolute Gasteiger partial charge is 1.00 e. The van der Waals surface area contributed by atoms with Gasteiger partial charge in [-0.15, -0.1) is 0 Å². The van der Waals surface area contributed by atoms with Crippen molar-refractivity contribution in [3.8, 4) is 6.07 Å². The van der Waals surface area contributed by atoms with Crippen molar-refractivity contribution in [2.45, 2.75) is 6.54 Å². The molecule has 1 heterocycles. The van der Waals surface area contributed by atoms with Gasteiger partial charge < -0.3 is 11.1 Å². The molecule has 0 amide bonds. The molecule has 0 bridgehead atoms. The van der Waals surface area contributed by atoms with Crippen molar-refractivity contribution in [1.82, 2.24) is 9.55 Å². The molecule has 0 spiro atoms. The second kappa shape index (κ2) is 6.48. The van der Waals surface area contributed by atoms with E-state index in [-0.39, 0.29) is 48.8 Å². The molecule has 2 aromatic rings. The first-order chi connectivity index (χ1) is 8.61. The molecule has 0 atom stereocenters. The molecular weight excluding hydrogens is 260 g/mol. The molecule has 1 aromatic carbocycles. The Bertz CT molecular complexity index is 654. The van der Waals surface area contributed by atoms with Gasteiger partial charge in [-0.05, 0) is 17.7 Å². The molecule has 0 saturated carbocycles. The Kier molecular flexibility index (Phi) is 5.24. The minimum atomic E-state index is -1.10. The SMILES string of the molecule is N#Cc1ccc(Cn2cncc2C(=O)O)cc1F.[H-].[Na+].